The van der Waals surface area contributed by atoms with E-state index in [0.717, 1.165) is 6.07 Å². The molecule has 5 heteroatoms. The third kappa shape index (κ3) is 1.75. The zero-order valence-corrected chi connectivity index (χ0v) is 10.2. The van der Waals surface area contributed by atoms with E-state index < -0.39 is 23.0 Å². The first-order chi connectivity index (χ1) is 8.23. The number of hydrogen-bond acceptors (Lipinski definition) is 2. The van der Waals surface area contributed by atoms with Gasteiger partial charge in [-0.3, -0.25) is 0 Å². The Morgan fingerprint density at radius 1 is 1.28 bits per heavy atom. The molecule has 0 bridgehead atoms. The Hall–Kier alpha value is -1.91. The Bertz CT molecular complexity index is 636. The topological polar surface area (TPSA) is 50.4 Å². The van der Waals surface area contributed by atoms with Crippen molar-refractivity contribution < 1.29 is 23.1 Å². The third-order valence-corrected chi connectivity index (χ3v) is 2.69. The van der Waals surface area contributed by atoms with Gasteiger partial charge in [0, 0.05) is 10.9 Å². The lowest BCUT2D eigenvalue weighted by Crippen LogP contribution is -2.15. The fraction of sp³-hybridized carbons (Fsp3) is 0.308. The van der Waals surface area contributed by atoms with E-state index in [1.807, 2.05) is 0 Å². The van der Waals surface area contributed by atoms with Crippen LogP contribution in [0.2, 0.25) is 0 Å². The van der Waals surface area contributed by atoms with Gasteiger partial charge in [-0.15, -0.1) is 0 Å². The van der Waals surface area contributed by atoms with Crippen LogP contribution in [-0.2, 0) is 5.41 Å². The van der Waals surface area contributed by atoms with Crippen LogP contribution in [0.15, 0.2) is 16.5 Å². The average molecular weight is 254 g/mol. The third-order valence-electron chi connectivity index (χ3n) is 2.69. The second-order valence-corrected chi connectivity index (χ2v) is 5.10. The molecule has 0 aliphatic carbocycles. The van der Waals surface area contributed by atoms with Crippen molar-refractivity contribution >= 4 is 16.9 Å². The maximum Gasteiger partial charge on any atom is 0.372 e. The van der Waals surface area contributed by atoms with Crippen LogP contribution >= 0.6 is 0 Å². The Morgan fingerprint density at radius 2 is 1.89 bits per heavy atom. The number of carboxylic acids is 1. The lowest BCUT2D eigenvalue weighted by Gasteiger charge is -2.17. The Kier molecular flexibility index (Phi) is 2.65. The van der Waals surface area contributed by atoms with Gasteiger partial charge >= 0.3 is 5.97 Å². The molecule has 2 rings (SSSR count). The van der Waals surface area contributed by atoms with E-state index in [9.17, 15) is 13.6 Å². The summed E-state index contributed by atoms with van der Waals surface area (Å²) in [4.78, 5) is 11.1. The summed E-state index contributed by atoms with van der Waals surface area (Å²) in [5, 5.41) is 9.37. The maximum atomic E-state index is 13.6. The molecule has 1 aromatic heterocycles. The first kappa shape index (κ1) is 12.5. The van der Waals surface area contributed by atoms with Crippen molar-refractivity contribution in [3.63, 3.8) is 0 Å². The van der Waals surface area contributed by atoms with Crippen molar-refractivity contribution in [3.05, 3.63) is 35.1 Å². The smallest absolute Gasteiger partial charge is 0.372 e. The highest BCUT2D eigenvalue weighted by atomic mass is 19.2. The summed E-state index contributed by atoms with van der Waals surface area (Å²) in [5.41, 5.74) is -0.537. The molecule has 0 aliphatic rings. The van der Waals surface area contributed by atoms with Gasteiger partial charge in [-0.05, 0) is 17.5 Å². The molecule has 96 valence electrons. The van der Waals surface area contributed by atoms with Crippen molar-refractivity contribution in [2.24, 2.45) is 0 Å². The zero-order chi connectivity index (χ0) is 13.7. The quantitative estimate of drug-likeness (QED) is 0.844. The van der Waals surface area contributed by atoms with E-state index in [1.54, 1.807) is 20.8 Å². The van der Waals surface area contributed by atoms with Gasteiger partial charge in [0.25, 0.3) is 0 Å². The highest BCUT2D eigenvalue weighted by Crippen LogP contribution is 2.37. The average Bonchev–Trinajstić information content (AvgIpc) is 2.63. The molecule has 0 spiro atoms. The van der Waals surface area contributed by atoms with Gasteiger partial charge in [0.05, 0.1) is 0 Å². The molecule has 0 aliphatic heterocycles. The molecule has 0 unspecified atom stereocenters. The summed E-state index contributed by atoms with van der Waals surface area (Å²) in [6.07, 6.45) is 0. The second-order valence-electron chi connectivity index (χ2n) is 5.10. The molecular weight excluding hydrogens is 242 g/mol. The number of hydrogen-bond donors (Lipinski definition) is 1. The zero-order valence-electron chi connectivity index (χ0n) is 10.2. The lowest BCUT2D eigenvalue weighted by molar-refractivity contribution is 0.0661. The number of halogens is 2. The summed E-state index contributed by atoms with van der Waals surface area (Å²) in [7, 11) is 0. The Balaban J connectivity index is 2.94. The van der Waals surface area contributed by atoms with Crippen LogP contribution in [0.25, 0.3) is 11.0 Å². The van der Waals surface area contributed by atoms with Crippen molar-refractivity contribution in [1.82, 2.24) is 0 Å². The van der Waals surface area contributed by atoms with E-state index in [-0.39, 0.29) is 11.3 Å². The van der Waals surface area contributed by atoms with Crippen LogP contribution in [-0.4, -0.2) is 11.1 Å². The normalized spacial score (nSPS) is 12.1. The standard InChI is InChI=1S/C13H12F2O3/c1-13(2,3)8-6-4-5-7(14)9(15)10(6)18-11(8)12(16)17/h4-5H,1-3H3,(H,16,17). The fourth-order valence-electron chi connectivity index (χ4n) is 2.00. The van der Waals surface area contributed by atoms with Gasteiger partial charge < -0.3 is 9.52 Å². The predicted octanol–water partition coefficient (Wildman–Crippen LogP) is 3.71. The Labute approximate surface area is 102 Å². The summed E-state index contributed by atoms with van der Waals surface area (Å²) < 4.78 is 31.7. The van der Waals surface area contributed by atoms with Crippen LogP contribution in [0, 0.1) is 11.6 Å². The monoisotopic (exact) mass is 254 g/mol. The SMILES string of the molecule is CC(C)(C)c1c(C(=O)O)oc2c(F)c(F)ccc12. The van der Waals surface area contributed by atoms with Crippen LogP contribution < -0.4 is 0 Å². The van der Waals surface area contributed by atoms with Crippen LogP contribution in [0.1, 0.15) is 36.9 Å². The summed E-state index contributed by atoms with van der Waals surface area (Å²) in [6, 6.07) is 2.30. The molecule has 1 aromatic carbocycles. The van der Waals surface area contributed by atoms with E-state index >= 15 is 0 Å². The molecule has 0 fully saturated rings. The minimum Gasteiger partial charge on any atom is -0.475 e. The maximum absolute atomic E-state index is 13.6. The second kappa shape index (κ2) is 3.80. The van der Waals surface area contributed by atoms with E-state index in [0.29, 0.717) is 10.9 Å². The molecule has 3 nitrogen and oxygen atoms in total. The first-order valence-corrected chi connectivity index (χ1v) is 5.37. The van der Waals surface area contributed by atoms with Gasteiger partial charge in [-0.25, -0.2) is 9.18 Å². The van der Waals surface area contributed by atoms with Gasteiger partial charge in [-0.1, -0.05) is 20.8 Å². The van der Waals surface area contributed by atoms with Crippen molar-refractivity contribution in [2.45, 2.75) is 26.2 Å². The summed E-state index contributed by atoms with van der Waals surface area (Å²) in [6.45, 7) is 5.35. The molecule has 1 N–H and O–H groups in total. The van der Waals surface area contributed by atoms with Crippen molar-refractivity contribution in [1.29, 1.82) is 0 Å². The summed E-state index contributed by atoms with van der Waals surface area (Å²) in [5.74, 6) is -3.86. The molecule has 18 heavy (non-hydrogen) atoms. The summed E-state index contributed by atoms with van der Waals surface area (Å²) >= 11 is 0. The number of aromatic carboxylic acids is 1. The highest BCUT2D eigenvalue weighted by Gasteiger charge is 2.30. The molecule has 0 saturated heterocycles. The molecule has 0 radical (unpaired) electrons. The van der Waals surface area contributed by atoms with Gasteiger partial charge in [0.15, 0.2) is 11.4 Å². The molecule has 0 saturated carbocycles. The van der Waals surface area contributed by atoms with Gasteiger partial charge in [-0.2, -0.15) is 4.39 Å². The Morgan fingerprint density at radius 3 is 2.39 bits per heavy atom. The molecule has 1 heterocycles. The molecule has 0 atom stereocenters. The van der Waals surface area contributed by atoms with Crippen molar-refractivity contribution in [2.75, 3.05) is 0 Å². The molecule has 0 amide bonds. The van der Waals surface area contributed by atoms with E-state index in [2.05, 4.69) is 0 Å². The van der Waals surface area contributed by atoms with E-state index in [1.165, 1.54) is 6.07 Å². The first-order valence-electron chi connectivity index (χ1n) is 5.37. The number of carbonyl (C=O) groups is 1. The number of benzene rings is 1. The number of rotatable bonds is 1. The number of carboxylic acid groups (broad SMARTS) is 1. The largest absolute Gasteiger partial charge is 0.475 e. The highest BCUT2D eigenvalue weighted by molar-refractivity contribution is 5.96. The van der Waals surface area contributed by atoms with Gasteiger partial charge in [0.2, 0.25) is 11.6 Å². The predicted molar refractivity (Wildman–Crippen MR) is 61.8 cm³/mol. The van der Waals surface area contributed by atoms with Crippen molar-refractivity contribution in [3.8, 4) is 0 Å². The minimum absolute atomic E-state index is 0.291. The van der Waals surface area contributed by atoms with Gasteiger partial charge in [0.1, 0.15) is 0 Å². The number of furan rings is 1. The van der Waals surface area contributed by atoms with Crippen LogP contribution in [0.3, 0.4) is 0 Å². The molecular formula is C13H12F2O3. The van der Waals surface area contributed by atoms with Crippen LogP contribution in [0.5, 0.6) is 0 Å². The lowest BCUT2D eigenvalue weighted by atomic mass is 9.85. The van der Waals surface area contributed by atoms with Crippen LogP contribution in [0.4, 0.5) is 8.78 Å². The number of fused-ring (bicyclic) bond motifs is 1. The minimum atomic E-state index is -1.30. The van der Waals surface area contributed by atoms with E-state index in [4.69, 9.17) is 9.52 Å². The molecule has 2 aromatic rings. The fourth-order valence-corrected chi connectivity index (χ4v) is 2.00.